The van der Waals surface area contributed by atoms with Crippen LogP contribution < -0.4 is 22.1 Å². The lowest BCUT2D eigenvalue weighted by molar-refractivity contribution is -0.133. The Bertz CT molecular complexity index is 998. The van der Waals surface area contributed by atoms with E-state index < -0.39 is 5.91 Å². The number of carbonyl (C=O) groups excluding carboxylic acids is 2. The summed E-state index contributed by atoms with van der Waals surface area (Å²) in [5, 5.41) is 9.88. The zero-order valence-corrected chi connectivity index (χ0v) is 16.8. The van der Waals surface area contributed by atoms with Crippen molar-refractivity contribution in [1.29, 1.82) is 0 Å². The van der Waals surface area contributed by atoms with Gasteiger partial charge >= 0.3 is 0 Å². The molecule has 0 unspecified atom stereocenters. The smallest absolute Gasteiger partial charge is 0.280 e. The Morgan fingerprint density at radius 2 is 2.00 bits per heavy atom. The number of guanidine groups is 1. The molecule has 4 heterocycles. The van der Waals surface area contributed by atoms with Crippen molar-refractivity contribution < 1.29 is 9.59 Å². The van der Waals surface area contributed by atoms with Crippen LogP contribution in [0.5, 0.6) is 0 Å². The minimum atomic E-state index is -0.586. The quantitative estimate of drug-likeness (QED) is 0.490. The first-order valence-electron chi connectivity index (χ1n) is 9.33. The highest BCUT2D eigenvalue weighted by molar-refractivity contribution is 6.31. The van der Waals surface area contributed by atoms with Gasteiger partial charge in [0.05, 0.1) is 12.1 Å². The monoisotopic (exact) mass is 432 g/mol. The van der Waals surface area contributed by atoms with Gasteiger partial charge in [-0.1, -0.05) is 11.6 Å². The normalized spacial score (nSPS) is 17.5. The molecule has 12 nitrogen and oxygen atoms in total. The zero-order valence-electron chi connectivity index (χ0n) is 16.0. The van der Waals surface area contributed by atoms with Crippen molar-refractivity contribution in [3.8, 4) is 0 Å². The number of piperidine rings is 1. The molecule has 6 N–H and O–H groups in total. The van der Waals surface area contributed by atoms with Crippen molar-refractivity contribution in [2.75, 3.05) is 31.1 Å². The lowest BCUT2D eigenvalue weighted by Crippen LogP contribution is -2.57. The fraction of sp³-hybridized carbons (Fsp3) is 0.412. The average Bonchev–Trinajstić information content (AvgIpc) is 3.35. The molecule has 13 heteroatoms. The largest absolute Gasteiger partial charge is 0.382 e. The predicted molar refractivity (Wildman–Crippen MR) is 110 cm³/mol. The Hall–Kier alpha value is -3.41. The maximum atomic E-state index is 12.5. The molecular weight excluding hydrogens is 412 g/mol. The molecule has 1 spiro atoms. The lowest BCUT2D eigenvalue weighted by atomic mass is 9.88. The molecule has 2 aromatic heterocycles. The molecule has 30 heavy (non-hydrogen) atoms. The van der Waals surface area contributed by atoms with E-state index in [0.29, 0.717) is 38.4 Å². The van der Waals surface area contributed by atoms with Gasteiger partial charge in [0.1, 0.15) is 6.54 Å². The predicted octanol–water partition coefficient (Wildman–Crippen LogP) is -0.759. The highest BCUT2D eigenvalue weighted by Crippen LogP contribution is 2.26. The second-order valence-electron chi connectivity index (χ2n) is 7.24. The van der Waals surface area contributed by atoms with Crippen molar-refractivity contribution >= 4 is 41.0 Å². The number of nitrogens with two attached hydrogens (primary N) is 2. The maximum Gasteiger partial charge on any atom is 0.280 e. The molecule has 0 atom stereocenters. The van der Waals surface area contributed by atoms with Gasteiger partial charge in [0.2, 0.25) is 5.91 Å². The summed E-state index contributed by atoms with van der Waals surface area (Å²) in [5.41, 5.74) is 10.8. The van der Waals surface area contributed by atoms with Crippen LogP contribution in [0.1, 0.15) is 23.3 Å². The molecule has 0 saturated carbocycles. The van der Waals surface area contributed by atoms with Crippen LogP contribution in [0.15, 0.2) is 23.5 Å². The van der Waals surface area contributed by atoms with Gasteiger partial charge < -0.3 is 21.7 Å². The number of halogens is 1. The number of aliphatic imine (C=N–C) groups is 1. The first-order chi connectivity index (χ1) is 14.3. The molecular formula is C17H21ClN10O2. The van der Waals surface area contributed by atoms with Crippen molar-refractivity contribution in [2.24, 2.45) is 4.99 Å². The van der Waals surface area contributed by atoms with E-state index in [9.17, 15) is 9.59 Å². The molecule has 4 rings (SSSR count). The number of likely N-dealkylation sites (tertiary alicyclic amines) is 1. The van der Waals surface area contributed by atoms with Gasteiger partial charge in [0, 0.05) is 25.5 Å². The van der Waals surface area contributed by atoms with E-state index in [2.05, 4.69) is 30.7 Å². The van der Waals surface area contributed by atoms with Crippen LogP contribution in [0.25, 0.3) is 0 Å². The topological polar surface area (TPSA) is 169 Å². The summed E-state index contributed by atoms with van der Waals surface area (Å²) in [4.78, 5) is 38.8. The summed E-state index contributed by atoms with van der Waals surface area (Å²) in [5.74, 6) is -0.403. The number of hydrogen-bond acceptors (Lipinski definition) is 9. The summed E-state index contributed by atoms with van der Waals surface area (Å²) in [6, 6.07) is 1.78. The average molecular weight is 433 g/mol. The van der Waals surface area contributed by atoms with Crippen LogP contribution >= 0.6 is 11.6 Å². The van der Waals surface area contributed by atoms with Crippen molar-refractivity contribution in [1.82, 2.24) is 35.3 Å². The van der Waals surface area contributed by atoms with E-state index in [4.69, 9.17) is 23.1 Å². The molecule has 158 valence electrons. The van der Waals surface area contributed by atoms with Gasteiger partial charge in [-0.25, -0.2) is 9.97 Å². The fourth-order valence-corrected chi connectivity index (χ4v) is 3.63. The highest BCUT2D eigenvalue weighted by atomic mass is 35.5. The Balaban J connectivity index is 1.32. The number of aromatic nitrogens is 4. The SMILES string of the molecule is Nc1nc(N)c(C(=O)NC2=NCC3(CCN(C(=O)Cn4cccn4)CC3)N2)nc1Cl. The molecule has 2 aliphatic heterocycles. The van der Waals surface area contributed by atoms with Gasteiger partial charge in [0.15, 0.2) is 28.4 Å². The molecule has 2 aliphatic rings. The van der Waals surface area contributed by atoms with E-state index in [0.717, 1.165) is 0 Å². The first-order valence-corrected chi connectivity index (χ1v) is 9.71. The van der Waals surface area contributed by atoms with E-state index in [-0.39, 0.29) is 40.5 Å². The van der Waals surface area contributed by atoms with Crippen LogP contribution in [0, 0.1) is 0 Å². The highest BCUT2D eigenvalue weighted by Gasteiger charge is 2.40. The summed E-state index contributed by atoms with van der Waals surface area (Å²) in [6.07, 6.45) is 4.81. The fourth-order valence-electron chi connectivity index (χ4n) is 3.51. The standard InChI is InChI=1S/C17H21ClN10O2/c18-12-14(20)24-13(19)11(23-12)15(30)25-16-21-9-17(26-16)2-6-27(7-3-17)10(29)8-28-5-1-4-22-28/h1,4-5H,2-3,6-9H2,(H4,19,20,24)(H2,21,25,26,30). The van der Waals surface area contributed by atoms with Gasteiger partial charge in [-0.05, 0) is 18.9 Å². The van der Waals surface area contributed by atoms with Crippen LogP contribution in [-0.4, -0.2) is 67.6 Å². The van der Waals surface area contributed by atoms with Crippen LogP contribution in [0.3, 0.4) is 0 Å². The summed E-state index contributed by atoms with van der Waals surface area (Å²) in [7, 11) is 0. The number of carbonyl (C=O) groups is 2. The van der Waals surface area contributed by atoms with Gasteiger partial charge in [-0.3, -0.25) is 24.6 Å². The number of amides is 2. The van der Waals surface area contributed by atoms with Crippen molar-refractivity contribution in [3.05, 3.63) is 29.3 Å². The molecule has 0 aromatic carbocycles. The van der Waals surface area contributed by atoms with Gasteiger partial charge in [0.25, 0.3) is 5.91 Å². The number of nitrogen functional groups attached to an aromatic ring is 2. The second kappa shape index (κ2) is 7.78. The van der Waals surface area contributed by atoms with Crippen molar-refractivity contribution in [3.63, 3.8) is 0 Å². The molecule has 2 amide bonds. The van der Waals surface area contributed by atoms with Crippen LogP contribution in [0.4, 0.5) is 11.6 Å². The molecule has 2 aromatic rings. The van der Waals surface area contributed by atoms with E-state index in [1.165, 1.54) is 0 Å². The number of hydrogen-bond donors (Lipinski definition) is 4. The number of anilines is 2. The second-order valence-corrected chi connectivity index (χ2v) is 7.60. The Labute approximate surface area is 176 Å². The Morgan fingerprint density at radius 1 is 1.23 bits per heavy atom. The molecule has 0 aliphatic carbocycles. The first kappa shape index (κ1) is 19.9. The zero-order chi connectivity index (χ0) is 21.3. The lowest BCUT2D eigenvalue weighted by Gasteiger charge is -2.39. The van der Waals surface area contributed by atoms with Gasteiger partial charge in [-0.2, -0.15) is 5.10 Å². The number of nitrogens with zero attached hydrogens (tertiary/aromatic N) is 6. The third-order valence-corrected chi connectivity index (χ3v) is 5.48. The molecule has 0 radical (unpaired) electrons. The Morgan fingerprint density at radius 3 is 2.70 bits per heavy atom. The van der Waals surface area contributed by atoms with E-state index >= 15 is 0 Å². The number of nitrogens with one attached hydrogen (secondary N) is 2. The minimum Gasteiger partial charge on any atom is -0.382 e. The molecule has 0 bridgehead atoms. The summed E-state index contributed by atoms with van der Waals surface area (Å²) in [6.45, 7) is 1.90. The minimum absolute atomic E-state index is 0.0234. The van der Waals surface area contributed by atoms with Crippen molar-refractivity contribution in [2.45, 2.75) is 24.9 Å². The third-order valence-electron chi connectivity index (χ3n) is 5.20. The van der Waals surface area contributed by atoms with Crippen LogP contribution in [-0.2, 0) is 11.3 Å². The maximum absolute atomic E-state index is 12.5. The third kappa shape index (κ3) is 3.99. The Kier molecular flexibility index (Phi) is 5.16. The summed E-state index contributed by atoms with van der Waals surface area (Å²) < 4.78 is 1.61. The van der Waals surface area contributed by atoms with E-state index in [1.54, 1.807) is 23.1 Å². The number of rotatable bonds is 3. The summed E-state index contributed by atoms with van der Waals surface area (Å²) >= 11 is 5.83. The van der Waals surface area contributed by atoms with Gasteiger partial charge in [-0.15, -0.1) is 0 Å². The van der Waals surface area contributed by atoms with Crippen LogP contribution in [0.2, 0.25) is 5.15 Å². The molecule has 1 fully saturated rings. The van der Waals surface area contributed by atoms with E-state index in [1.807, 2.05) is 4.90 Å². The molecule has 1 saturated heterocycles.